The average molecular weight is 446 g/mol. The highest BCUT2D eigenvalue weighted by atomic mass is 35.5. The molecular weight excluding hydrogens is 422 g/mol. The number of amides is 1. The smallest absolute Gasteiger partial charge is 0.227 e. The summed E-state index contributed by atoms with van der Waals surface area (Å²) in [5, 5.41) is 1.59. The number of carbonyl (C=O) groups excluding carboxylic acids is 1. The van der Waals surface area contributed by atoms with Crippen LogP contribution in [0, 0.1) is 0 Å². The standard InChI is InChI=1S/C22H24ClN3O3S/c1-3-29-16-6-4-15(5-7-16)14-19(27)25-10-12-26(13-11-25)22-24-20-18(28-2)9-8-17(23)21(20)30-22/h4-9H,3,10-14H2,1-2H3. The van der Waals surface area contributed by atoms with Crippen LogP contribution in [0.4, 0.5) is 5.13 Å². The highest BCUT2D eigenvalue weighted by molar-refractivity contribution is 7.22. The molecule has 0 N–H and O–H groups in total. The fourth-order valence-electron chi connectivity index (χ4n) is 3.54. The van der Waals surface area contributed by atoms with Gasteiger partial charge in [0.1, 0.15) is 17.0 Å². The average Bonchev–Trinajstić information content (AvgIpc) is 3.22. The lowest BCUT2D eigenvalue weighted by atomic mass is 10.1. The Bertz CT molecular complexity index is 1030. The summed E-state index contributed by atoms with van der Waals surface area (Å²) >= 11 is 7.91. The number of benzene rings is 2. The van der Waals surface area contributed by atoms with Gasteiger partial charge < -0.3 is 19.3 Å². The molecule has 1 aromatic heterocycles. The zero-order valence-corrected chi connectivity index (χ0v) is 18.6. The first-order chi connectivity index (χ1) is 14.6. The summed E-state index contributed by atoms with van der Waals surface area (Å²) in [5.41, 5.74) is 1.79. The number of fused-ring (bicyclic) bond motifs is 1. The fraction of sp³-hybridized carbons (Fsp3) is 0.364. The van der Waals surface area contributed by atoms with E-state index >= 15 is 0 Å². The molecule has 2 heterocycles. The third kappa shape index (κ3) is 4.32. The van der Waals surface area contributed by atoms with Gasteiger partial charge in [0.25, 0.3) is 0 Å². The van der Waals surface area contributed by atoms with Crippen molar-refractivity contribution < 1.29 is 14.3 Å². The Morgan fingerprint density at radius 1 is 1.13 bits per heavy atom. The lowest BCUT2D eigenvalue weighted by Gasteiger charge is -2.34. The first-order valence-corrected chi connectivity index (χ1v) is 11.2. The number of nitrogens with zero attached hydrogens (tertiary/aromatic N) is 3. The van der Waals surface area contributed by atoms with Gasteiger partial charge in [0.2, 0.25) is 5.91 Å². The van der Waals surface area contributed by atoms with Crippen molar-refractivity contribution in [2.45, 2.75) is 13.3 Å². The number of rotatable bonds is 6. The largest absolute Gasteiger partial charge is 0.494 e. The van der Waals surface area contributed by atoms with Crippen LogP contribution < -0.4 is 14.4 Å². The predicted octanol–water partition coefficient (Wildman–Crippen LogP) is 4.25. The summed E-state index contributed by atoms with van der Waals surface area (Å²) < 4.78 is 11.8. The van der Waals surface area contributed by atoms with Gasteiger partial charge in [-0.15, -0.1) is 0 Å². The zero-order valence-electron chi connectivity index (χ0n) is 17.1. The highest BCUT2D eigenvalue weighted by Gasteiger charge is 2.24. The third-order valence-electron chi connectivity index (χ3n) is 5.16. The zero-order chi connectivity index (χ0) is 21.1. The minimum absolute atomic E-state index is 0.146. The maximum Gasteiger partial charge on any atom is 0.227 e. The van der Waals surface area contributed by atoms with E-state index in [1.165, 1.54) is 0 Å². The van der Waals surface area contributed by atoms with Crippen molar-refractivity contribution >= 4 is 44.2 Å². The number of piperazine rings is 1. The molecule has 1 amide bonds. The Hall–Kier alpha value is -2.51. The maximum absolute atomic E-state index is 12.7. The van der Waals surface area contributed by atoms with E-state index in [-0.39, 0.29) is 5.91 Å². The molecule has 0 bridgehead atoms. The molecule has 0 saturated carbocycles. The molecule has 30 heavy (non-hydrogen) atoms. The number of ether oxygens (including phenoxy) is 2. The molecule has 2 aromatic carbocycles. The van der Waals surface area contributed by atoms with Crippen molar-refractivity contribution in [3.05, 3.63) is 47.0 Å². The summed E-state index contributed by atoms with van der Waals surface area (Å²) in [5.74, 6) is 1.70. The molecule has 4 rings (SSSR count). The van der Waals surface area contributed by atoms with Gasteiger partial charge in [0.15, 0.2) is 5.13 Å². The molecule has 3 aromatic rings. The van der Waals surface area contributed by atoms with E-state index in [0.717, 1.165) is 45.5 Å². The normalized spacial score (nSPS) is 14.2. The van der Waals surface area contributed by atoms with Crippen LogP contribution in [0.2, 0.25) is 5.02 Å². The van der Waals surface area contributed by atoms with E-state index in [2.05, 4.69) is 4.90 Å². The molecule has 8 heteroatoms. The van der Waals surface area contributed by atoms with Gasteiger partial charge in [0, 0.05) is 26.2 Å². The molecule has 6 nitrogen and oxygen atoms in total. The molecule has 0 atom stereocenters. The molecule has 1 fully saturated rings. The maximum atomic E-state index is 12.7. The molecule has 0 aliphatic carbocycles. The van der Waals surface area contributed by atoms with Gasteiger partial charge in [-0.2, -0.15) is 0 Å². The minimum Gasteiger partial charge on any atom is -0.494 e. The quantitative estimate of drug-likeness (QED) is 0.567. The second-order valence-electron chi connectivity index (χ2n) is 7.05. The van der Waals surface area contributed by atoms with E-state index in [0.29, 0.717) is 31.1 Å². The van der Waals surface area contributed by atoms with Crippen molar-refractivity contribution in [1.82, 2.24) is 9.88 Å². The second-order valence-corrected chi connectivity index (χ2v) is 8.43. The first kappa shape index (κ1) is 20.8. The van der Waals surface area contributed by atoms with E-state index < -0.39 is 0 Å². The molecule has 0 radical (unpaired) electrons. The number of halogens is 1. The van der Waals surface area contributed by atoms with Crippen LogP contribution in [-0.2, 0) is 11.2 Å². The van der Waals surface area contributed by atoms with Crippen molar-refractivity contribution in [1.29, 1.82) is 0 Å². The topological polar surface area (TPSA) is 54.9 Å². The second kappa shape index (κ2) is 9.10. The van der Waals surface area contributed by atoms with Gasteiger partial charge in [-0.1, -0.05) is 35.1 Å². The highest BCUT2D eigenvalue weighted by Crippen LogP contribution is 2.38. The number of hydrogen-bond acceptors (Lipinski definition) is 6. The summed E-state index contributed by atoms with van der Waals surface area (Å²) in [6.45, 7) is 5.43. The van der Waals surface area contributed by atoms with Crippen LogP contribution in [0.1, 0.15) is 12.5 Å². The molecular formula is C22H24ClN3O3S. The van der Waals surface area contributed by atoms with Gasteiger partial charge in [-0.3, -0.25) is 4.79 Å². The number of hydrogen-bond donors (Lipinski definition) is 0. The summed E-state index contributed by atoms with van der Waals surface area (Å²) in [7, 11) is 1.64. The Balaban J connectivity index is 1.38. The van der Waals surface area contributed by atoms with Crippen molar-refractivity contribution in [3.8, 4) is 11.5 Å². The van der Waals surface area contributed by atoms with E-state index in [1.54, 1.807) is 18.4 Å². The van der Waals surface area contributed by atoms with Crippen molar-refractivity contribution in [3.63, 3.8) is 0 Å². The molecule has 0 unspecified atom stereocenters. The Morgan fingerprint density at radius 2 is 1.87 bits per heavy atom. The van der Waals surface area contributed by atoms with E-state index in [1.807, 2.05) is 48.2 Å². The minimum atomic E-state index is 0.146. The Labute approximate surface area is 185 Å². The van der Waals surface area contributed by atoms with Gasteiger partial charge in [-0.25, -0.2) is 4.98 Å². The monoisotopic (exact) mass is 445 g/mol. The van der Waals surface area contributed by atoms with Gasteiger partial charge in [0.05, 0.1) is 29.9 Å². The number of methoxy groups -OCH3 is 1. The van der Waals surface area contributed by atoms with Crippen LogP contribution >= 0.6 is 22.9 Å². The lowest BCUT2D eigenvalue weighted by molar-refractivity contribution is -0.130. The Morgan fingerprint density at radius 3 is 2.53 bits per heavy atom. The lowest BCUT2D eigenvalue weighted by Crippen LogP contribution is -2.49. The first-order valence-electron chi connectivity index (χ1n) is 9.96. The number of carbonyl (C=O) groups is 1. The number of anilines is 1. The van der Waals surface area contributed by atoms with Crippen LogP contribution in [0.5, 0.6) is 11.5 Å². The summed E-state index contributed by atoms with van der Waals surface area (Å²) in [6.07, 6.45) is 0.403. The van der Waals surface area contributed by atoms with Crippen LogP contribution in [0.25, 0.3) is 10.2 Å². The molecule has 1 aliphatic rings. The SMILES string of the molecule is CCOc1ccc(CC(=O)N2CCN(c3nc4c(OC)ccc(Cl)c4s3)CC2)cc1. The predicted molar refractivity (Wildman–Crippen MR) is 121 cm³/mol. The van der Waals surface area contributed by atoms with Crippen molar-refractivity contribution in [2.75, 3.05) is 44.8 Å². The number of aromatic nitrogens is 1. The van der Waals surface area contributed by atoms with Crippen LogP contribution in [0.15, 0.2) is 36.4 Å². The molecule has 158 valence electrons. The summed E-state index contributed by atoms with van der Waals surface area (Å²) in [6, 6.07) is 11.4. The molecule has 1 aliphatic heterocycles. The van der Waals surface area contributed by atoms with Crippen molar-refractivity contribution in [2.24, 2.45) is 0 Å². The third-order valence-corrected chi connectivity index (χ3v) is 6.74. The fourth-order valence-corrected chi connectivity index (χ4v) is 4.85. The molecule has 0 spiro atoms. The molecule has 1 saturated heterocycles. The van der Waals surface area contributed by atoms with E-state index in [4.69, 9.17) is 26.1 Å². The summed E-state index contributed by atoms with van der Waals surface area (Å²) in [4.78, 5) is 21.6. The van der Waals surface area contributed by atoms with Crippen LogP contribution in [-0.4, -0.2) is 55.7 Å². The number of thiazole rings is 1. The van der Waals surface area contributed by atoms with Gasteiger partial charge in [-0.05, 0) is 36.8 Å². The van der Waals surface area contributed by atoms with E-state index in [9.17, 15) is 4.79 Å². The van der Waals surface area contributed by atoms with Crippen LogP contribution in [0.3, 0.4) is 0 Å². The Kier molecular flexibility index (Phi) is 6.29. The van der Waals surface area contributed by atoms with Gasteiger partial charge >= 0.3 is 0 Å².